The first-order chi connectivity index (χ1) is 19.2. The Balaban J connectivity index is 1.95. The SMILES string of the molecule is CCOc1ccccc1[SiH](O[SiH](c1ccccc1OCC)c1ccccc1OCC)c1ccccc1OCC. The van der Waals surface area contributed by atoms with Crippen molar-refractivity contribution in [2.75, 3.05) is 26.4 Å². The van der Waals surface area contributed by atoms with Gasteiger partial charge in [-0.05, 0) is 52.0 Å². The molecule has 39 heavy (non-hydrogen) atoms. The summed E-state index contributed by atoms with van der Waals surface area (Å²) >= 11 is 0. The van der Waals surface area contributed by atoms with Crippen LogP contribution in [0.3, 0.4) is 0 Å². The molecular formula is C32H38O5Si2. The van der Waals surface area contributed by atoms with Crippen molar-refractivity contribution in [2.45, 2.75) is 27.7 Å². The summed E-state index contributed by atoms with van der Waals surface area (Å²) in [6.07, 6.45) is 0. The molecule has 0 aliphatic carbocycles. The van der Waals surface area contributed by atoms with Crippen molar-refractivity contribution in [1.82, 2.24) is 0 Å². The fourth-order valence-electron chi connectivity index (χ4n) is 4.70. The summed E-state index contributed by atoms with van der Waals surface area (Å²) in [6, 6.07) is 33.0. The van der Waals surface area contributed by atoms with Gasteiger partial charge in [-0.2, -0.15) is 0 Å². The molecule has 4 aromatic carbocycles. The van der Waals surface area contributed by atoms with E-state index in [-0.39, 0.29) is 0 Å². The molecule has 0 saturated carbocycles. The van der Waals surface area contributed by atoms with Gasteiger partial charge in [-0.3, -0.25) is 0 Å². The van der Waals surface area contributed by atoms with E-state index < -0.39 is 18.1 Å². The van der Waals surface area contributed by atoms with Crippen molar-refractivity contribution in [3.8, 4) is 23.0 Å². The summed E-state index contributed by atoms with van der Waals surface area (Å²) in [4.78, 5) is 0. The Morgan fingerprint density at radius 3 is 0.846 bits per heavy atom. The molecule has 0 heterocycles. The average molecular weight is 559 g/mol. The van der Waals surface area contributed by atoms with E-state index in [1.165, 1.54) is 0 Å². The van der Waals surface area contributed by atoms with Crippen molar-refractivity contribution < 1.29 is 23.1 Å². The van der Waals surface area contributed by atoms with Crippen LogP contribution in [0.4, 0.5) is 0 Å². The molecule has 0 unspecified atom stereocenters. The van der Waals surface area contributed by atoms with Crippen LogP contribution in [-0.2, 0) is 4.12 Å². The highest BCUT2D eigenvalue weighted by molar-refractivity contribution is 6.93. The molecule has 0 aromatic heterocycles. The van der Waals surface area contributed by atoms with Crippen LogP contribution >= 0.6 is 0 Å². The second-order valence-electron chi connectivity index (χ2n) is 8.78. The standard InChI is InChI=1S/C32H38O5Si2/c1-5-33-25-17-9-13-21-29(25)38(30-22-14-10-18-26(30)34-6-2)37-39(31-23-15-11-19-27(31)35-7-3)32-24-16-12-20-28(32)36-8-4/h9-24,38-39H,5-8H2,1-4H3. The largest absolute Gasteiger partial charge is 0.494 e. The number of para-hydroxylation sites is 4. The van der Waals surface area contributed by atoms with Gasteiger partial charge < -0.3 is 23.1 Å². The van der Waals surface area contributed by atoms with Gasteiger partial charge in [0.05, 0.1) is 26.4 Å². The van der Waals surface area contributed by atoms with Gasteiger partial charge in [0, 0.05) is 20.7 Å². The Morgan fingerprint density at radius 2 is 0.615 bits per heavy atom. The highest BCUT2D eigenvalue weighted by Crippen LogP contribution is 2.18. The lowest BCUT2D eigenvalue weighted by Gasteiger charge is -2.29. The van der Waals surface area contributed by atoms with Gasteiger partial charge >= 0.3 is 0 Å². The number of benzene rings is 4. The molecule has 0 saturated heterocycles. The number of hydrogen-bond donors (Lipinski definition) is 0. The molecule has 4 aromatic rings. The van der Waals surface area contributed by atoms with Gasteiger partial charge in [-0.1, -0.05) is 72.8 Å². The Bertz CT molecular complexity index is 1130. The maximum atomic E-state index is 7.50. The van der Waals surface area contributed by atoms with Crippen molar-refractivity contribution in [1.29, 1.82) is 0 Å². The Morgan fingerprint density at radius 1 is 0.385 bits per heavy atom. The molecule has 4 rings (SSSR count). The summed E-state index contributed by atoms with van der Waals surface area (Å²) in [6.45, 7) is 10.3. The Kier molecular flexibility index (Phi) is 10.6. The zero-order valence-corrected chi connectivity index (χ0v) is 25.6. The van der Waals surface area contributed by atoms with Crippen LogP contribution in [-0.4, -0.2) is 44.5 Å². The zero-order chi connectivity index (χ0) is 27.5. The minimum Gasteiger partial charge on any atom is -0.494 e. The molecule has 7 heteroatoms. The van der Waals surface area contributed by atoms with Crippen LogP contribution in [0.5, 0.6) is 23.0 Å². The predicted octanol–water partition coefficient (Wildman–Crippen LogP) is 3.67. The van der Waals surface area contributed by atoms with Gasteiger partial charge in [0.25, 0.3) is 0 Å². The van der Waals surface area contributed by atoms with Crippen molar-refractivity contribution in [3.63, 3.8) is 0 Å². The van der Waals surface area contributed by atoms with Crippen molar-refractivity contribution in [3.05, 3.63) is 97.1 Å². The number of hydrogen-bond acceptors (Lipinski definition) is 5. The van der Waals surface area contributed by atoms with Gasteiger partial charge in [-0.15, -0.1) is 0 Å². The van der Waals surface area contributed by atoms with Gasteiger partial charge in [0.2, 0.25) is 18.1 Å². The molecule has 0 radical (unpaired) electrons. The smallest absolute Gasteiger partial charge is 0.236 e. The first-order valence-corrected chi connectivity index (χ1v) is 17.0. The van der Waals surface area contributed by atoms with Crippen LogP contribution in [0.1, 0.15) is 27.7 Å². The maximum Gasteiger partial charge on any atom is 0.236 e. The second kappa shape index (κ2) is 14.6. The molecule has 204 valence electrons. The summed E-state index contributed by atoms with van der Waals surface area (Å²) in [7, 11) is -4.74. The van der Waals surface area contributed by atoms with E-state index in [9.17, 15) is 0 Å². The normalized spacial score (nSPS) is 11.0. The summed E-state index contributed by atoms with van der Waals surface area (Å²) < 4.78 is 32.0. The van der Waals surface area contributed by atoms with E-state index in [0.29, 0.717) is 26.4 Å². The molecule has 0 amide bonds. The van der Waals surface area contributed by atoms with Gasteiger partial charge in [0.15, 0.2) is 0 Å². The zero-order valence-electron chi connectivity index (χ0n) is 23.3. The summed E-state index contributed by atoms with van der Waals surface area (Å²) in [5.74, 6) is 3.41. The third-order valence-electron chi connectivity index (χ3n) is 6.28. The molecule has 0 spiro atoms. The van der Waals surface area contributed by atoms with Crippen LogP contribution in [0.25, 0.3) is 0 Å². The van der Waals surface area contributed by atoms with E-state index in [1.54, 1.807) is 0 Å². The van der Waals surface area contributed by atoms with Gasteiger partial charge in [-0.25, -0.2) is 0 Å². The lowest BCUT2D eigenvalue weighted by molar-refractivity contribution is 0.340. The molecule has 0 atom stereocenters. The molecule has 0 bridgehead atoms. The summed E-state index contributed by atoms with van der Waals surface area (Å²) in [5.41, 5.74) is 0. The van der Waals surface area contributed by atoms with Crippen LogP contribution in [0, 0.1) is 0 Å². The van der Waals surface area contributed by atoms with E-state index in [1.807, 2.05) is 76.2 Å². The van der Waals surface area contributed by atoms with Crippen LogP contribution in [0.2, 0.25) is 0 Å². The number of ether oxygens (including phenoxy) is 4. The van der Waals surface area contributed by atoms with E-state index in [2.05, 4.69) is 48.5 Å². The van der Waals surface area contributed by atoms with Crippen LogP contribution < -0.4 is 39.7 Å². The van der Waals surface area contributed by atoms with E-state index in [4.69, 9.17) is 23.1 Å². The summed E-state index contributed by atoms with van der Waals surface area (Å²) in [5, 5.41) is 4.36. The lowest BCUT2D eigenvalue weighted by atomic mass is 10.3. The molecule has 0 N–H and O–H groups in total. The topological polar surface area (TPSA) is 46.2 Å². The highest BCUT2D eigenvalue weighted by Gasteiger charge is 2.33. The minimum atomic E-state index is -2.37. The molecule has 0 aliphatic heterocycles. The van der Waals surface area contributed by atoms with Crippen molar-refractivity contribution in [2.24, 2.45) is 0 Å². The Labute approximate surface area is 235 Å². The third-order valence-corrected chi connectivity index (χ3v) is 12.6. The quantitative estimate of drug-likeness (QED) is 0.221. The molecule has 0 fully saturated rings. The maximum absolute atomic E-state index is 7.50. The monoisotopic (exact) mass is 558 g/mol. The van der Waals surface area contributed by atoms with Crippen LogP contribution in [0.15, 0.2) is 97.1 Å². The minimum absolute atomic E-state index is 0.576. The second-order valence-corrected chi connectivity index (χ2v) is 13.9. The molecule has 5 nitrogen and oxygen atoms in total. The highest BCUT2D eigenvalue weighted by atomic mass is 28.4. The molecule has 0 aliphatic rings. The number of rotatable bonds is 14. The first-order valence-electron chi connectivity index (χ1n) is 13.7. The fourth-order valence-corrected chi connectivity index (χ4v) is 11.7. The third kappa shape index (κ3) is 6.92. The predicted molar refractivity (Wildman–Crippen MR) is 164 cm³/mol. The van der Waals surface area contributed by atoms with E-state index in [0.717, 1.165) is 43.7 Å². The van der Waals surface area contributed by atoms with Crippen molar-refractivity contribution >= 4 is 38.8 Å². The fraction of sp³-hybridized carbons (Fsp3) is 0.250. The first kappa shape index (κ1) is 28.5. The van der Waals surface area contributed by atoms with E-state index >= 15 is 0 Å². The van der Waals surface area contributed by atoms with Gasteiger partial charge in [0.1, 0.15) is 23.0 Å². The molecular weight excluding hydrogens is 521 g/mol. The Hall–Kier alpha value is -3.53. The lowest BCUT2D eigenvalue weighted by Crippen LogP contribution is -2.56. The average Bonchev–Trinajstić information content (AvgIpc) is 2.97.